The summed E-state index contributed by atoms with van der Waals surface area (Å²) >= 11 is 0. The van der Waals surface area contributed by atoms with Crippen molar-refractivity contribution in [2.75, 3.05) is 14.2 Å². The van der Waals surface area contributed by atoms with Gasteiger partial charge in [0.1, 0.15) is 35.0 Å². The Balaban J connectivity index is 0.00000114. The average molecular weight is 498 g/mol. The van der Waals surface area contributed by atoms with E-state index in [1.165, 1.54) is 0 Å². The van der Waals surface area contributed by atoms with Crippen LogP contribution in [0.5, 0.6) is 0 Å². The summed E-state index contributed by atoms with van der Waals surface area (Å²) in [5.41, 5.74) is 3.16. The molecule has 7 nitrogen and oxygen atoms in total. The molecule has 2 aliphatic carbocycles. The molecule has 1 aromatic rings. The number of amidine groups is 2. The largest absolute Gasteiger partial charge is 2.00 e. The number of nitrogens with zero attached hydrogens (tertiary/aromatic N) is 5. The molecular weight excluding hydrogens is 481 g/mol. The van der Waals surface area contributed by atoms with Gasteiger partial charge in [-0.1, -0.05) is 6.07 Å². The van der Waals surface area contributed by atoms with Crippen LogP contribution >= 0.6 is 0 Å². The van der Waals surface area contributed by atoms with Crippen molar-refractivity contribution in [3.63, 3.8) is 0 Å². The van der Waals surface area contributed by atoms with Crippen molar-refractivity contribution in [1.82, 2.24) is 4.98 Å². The number of halogens is 2. The molecule has 0 fully saturated rings. The first kappa shape index (κ1) is 24.8. The van der Waals surface area contributed by atoms with Crippen LogP contribution in [0.3, 0.4) is 0 Å². The first-order chi connectivity index (χ1) is 13.7. The van der Waals surface area contributed by atoms with Crippen LogP contribution in [-0.4, -0.2) is 54.4 Å². The molecule has 1 aromatic heterocycles. The minimum absolute atomic E-state index is 0. The zero-order valence-electron chi connectivity index (χ0n) is 16.5. The Morgan fingerprint density at radius 2 is 1.16 bits per heavy atom. The summed E-state index contributed by atoms with van der Waals surface area (Å²) in [6.45, 7) is 0. The second-order valence-electron chi connectivity index (χ2n) is 6.49. The molecule has 0 bridgehead atoms. The van der Waals surface area contributed by atoms with Crippen LogP contribution in [0.4, 0.5) is 0 Å². The average Bonchev–Trinajstić information content (AvgIpc) is 3.36. The first-order valence-corrected chi connectivity index (χ1v) is 8.92. The van der Waals surface area contributed by atoms with E-state index in [9.17, 15) is 0 Å². The monoisotopic (exact) mass is 497 g/mol. The van der Waals surface area contributed by atoms with E-state index >= 15 is 0 Å². The molecule has 3 heterocycles. The number of fused-ring (bicyclic) bond motifs is 2. The van der Waals surface area contributed by atoms with E-state index in [0.717, 1.165) is 22.9 Å². The first-order valence-electron chi connectivity index (χ1n) is 8.92. The number of allylic oxidation sites excluding steroid dienone is 2. The van der Waals surface area contributed by atoms with Crippen molar-refractivity contribution in [2.24, 2.45) is 20.0 Å². The van der Waals surface area contributed by atoms with Crippen molar-refractivity contribution < 1.29 is 51.4 Å². The summed E-state index contributed by atoms with van der Waals surface area (Å²) < 4.78 is 10.5. The Hall–Kier alpha value is -2.51. The molecule has 160 valence electrons. The van der Waals surface area contributed by atoms with Gasteiger partial charge in [0.2, 0.25) is 0 Å². The van der Waals surface area contributed by atoms with Gasteiger partial charge in [0.05, 0.1) is 25.6 Å². The number of aromatic nitrogens is 1. The van der Waals surface area contributed by atoms with Crippen LogP contribution < -0.4 is 24.8 Å². The van der Waals surface area contributed by atoms with Crippen molar-refractivity contribution >= 4 is 23.1 Å². The van der Waals surface area contributed by atoms with E-state index in [4.69, 9.17) is 14.5 Å². The quantitative estimate of drug-likeness (QED) is 0.404. The number of rotatable bonds is 4. The molecule has 0 N–H and O–H groups in total. The summed E-state index contributed by atoms with van der Waals surface area (Å²) in [5.74, 6) is 2.77. The molecule has 0 radical (unpaired) electrons. The number of aliphatic imine (C=N–C) groups is 4. The fourth-order valence-electron chi connectivity index (χ4n) is 3.31. The van der Waals surface area contributed by atoms with Crippen molar-refractivity contribution in [3.05, 3.63) is 77.6 Å². The van der Waals surface area contributed by atoms with Gasteiger partial charge in [0, 0.05) is 0 Å². The second kappa shape index (κ2) is 10.2. The standard InChI is InChI=1S/C21H17N5O2.2ClH.Fe/c1-27-12-6-8-14-18(10-12)25-20(23-14)16-4-3-5-17(22-16)21-24-15-9-7-13(28-2)11-19(15)26-21;;;/h3-11,18-19H,1-2H3;2*1H;/q;;;+2/p-2. The van der Waals surface area contributed by atoms with Crippen molar-refractivity contribution in [3.8, 4) is 0 Å². The molecule has 0 saturated carbocycles. The molecule has 0 amide bonds. The minimum atomic E-state index is -0.130. The Kier molecular flexibility index (Phi) is 8.14. The van der Waals surface area contributed by atoms with Gasteiger partial charge in [-0.15, -0.1) is 0 Å². The maximum Gasteiger partial charge on any atom is 2.00 e. The molecule has 0 aromatic carbocycles. The third-order valence-corrected chi connectivity index (χ3v) is 4.76. The maximum absolute atomic E-state index is 5.27. The summed E-state index contributed by atoms with van der Waals surface area (Å²) in [6.07, 6.45) is 11.5. The van der Waals surface area contributed by atoms with E-state index in [1.54, 1.807) is 14.2 Å². The third-order valence-electron chi connectivity index (χ3n) is 4.76. The van der Waals surface area contributed by atoms with Gasteiger partial charge in [-0.05, 0) is 48.6 Å². The molecule has 0 saturated heterocycles. The Bertz CT molecular complexity index is 1040. The minimum Gasteiger partial charge on any atom is -1.00 e. The number of pyridine rings is 1. The molecule has 5 rings (SSSR count). The molecule has 0 spiro atoms. The number of ether oxygens (including phenoxy) is 2. The molecule has 10 heteroatoms. The van der Waals surface area contributed by atoms with E-state index < -0.39 is 0 Å². The summed E-state index contributed by atoms with van der Waals surface area (Å²) in [5, 5.41) is 0. The van der Waals surface area contributed by atoms with Gasteiger partial charge in [0.15, 0.2) is 11.7 Å². The molecule has 2 atom stereocenters. The van der Waals surface area contributed by atoms with Crippen LogP contribution in [0.15, 0.2) is 86.1 Å². The third kappa shape index (κ3) is 4.72. The zero-order valence-corrected chi connectivity index (χ0v) is 19.1. The fraction of sp³-hybridized carbons (Fsp3) is 0.190. The Labute approximate surface area is 202 Å². The summed E-state index contributed by atoms with van der Waals surface area (Å²) in [6, 6.07) is 5.45. The molecule has 4 aliphatic rings. The van der Waals surface area contributed by atoms with Crippen molar-refractivity contribution in [2.45, 2.75) is 12.1 Å². The van der Waals surface area contributed by atoms with Gasteiger partial charge in [-0.3, -0.25) is 9.98 Å². The molecule has 31 heavy (non-hydrogen) atoms. The number of methoxy groups -OCH3 is 2. The van der Waals surface area contributed by atoms with Crippen LogP contribution in [0.1, 0.15) is 11.4 Å². The van der Waals surface area contributed by atoms with Crippen LogP contribution in [-0.2, 0) is 26.5 Å². The van der Waals surface area contributed by atoms with Gasteiger partial charge in [-0.2, -0.15) is 0 Å². The van der Waals surface area contributed by atoms with Crippen LogP contribution in [0.25, 0.3) is 0 Å². The maximum atomic E-state index is 5.27. The topological polar surface area (TPSA) is 80.8 Å². The zero-order chi connectivity index (χ0) is 19.1. The SMILES string of the molecule is COC1=CC2N=C(c3cccc(C4=NC5C=C(OC)C=CC5=N4)n3)N=C2C=C1.[Cl-].[Cl-].[Fe+2]. The van der Waals surface area contributed by atoms with Crippen LogP contribution in [0.2, 0.25) is 0 Å². The smallest absolute Gasteiger partial charge is 1.00 e. The predicted octanol–water partition coefficient (Wildman–Crippen LogP) is -3.57. The fourth-order valence-corrected chi connectivity index (χ4v) is 3.31. The summed E-state index contributed by atoms with van der Waals surface area (Å²) in [4.78, 5) is 23.3. The molecule has 2 unspecified atom stereocenters. The predicted molar refractivity (Wildman–Crippen MR) is 108 cm³/mol. The van der Waals surface area contributed by atoms with Gasteiger partial charge < -0.3 is 34.3 Å². The van der Waals surface area contributed by atoms with E-state index in [1.807, 2.05) is 54.7 Å². The second-order valence-corrected chi connectivity index (χ2v) is 6.49. The van der Waals surface area contributed by atoms with Gasteiger partial charge >= 0.3 is 17.1 Å². The molecular formula is C21H17Cl2FeN5O2. The van der Waals surface area contributed by atoms with Crippen molar-refractivity contribution in [1.29, 1.82) is 0 Å². The normalized spacial score (nSPS) is 22.0. The summed E-state index contributed by atoms with van der Waals surface area (Å²) in [7, 11) is 3.29. The van der Waals surface area contributed by atoms with E-state index in [0.29, 0.717) is 23.1 Å². The van der Waals surface area contributed by atoms with Gasteiger partial charge in [-0.25, -0.2) is 15.0 Å². The van der Waals surface area contributed by atoms with Gasteiger partial charge in [0.25, 0.3) is 0 Å². The number of hydrogen-bond acceptors (Lipinski definition) is 7. The Morgan fingerprint density at radius 1 is 0.710 bits per heavy atom. The number of hydrogen-bond donors (Lipinski definition) is 0. The Morgan fingerprint density at radius 3 is 1.58 bits per heavy atom. The van der Waals surface area contributed by atoms with E-state index in [-0.39, 0.29) is 54.0 Å². The van der Waals surface area contributed by atoms with Crippen LogP contribution in [0, 0.1) is 0 Å². The molecule has 2 aliphatic heterocycles. The van der Waals surface area contributed by atoms with E-state index in [2.05, 4.69) is 20.0 Å².